The van der Waals surface area contributed by atoms with E-state index in [4.69, 9.17) is 9.51 Å². The molecule has 8 nitrogen and oxygen atoms in total. The standard InChI is InChI=1S/C21H24N6O2/c1-12-14(13(2)29-27-12)7-19(28)25-16-8-21(3,4)9-17-15(16)10-24-20(26-17)18-11-22-5-6-23-18/h5-6,10-11,16H,7-9H2,1-4H3,(H,25,28)/t16-/m1/s1. The van der Waals surface area contributed by atoms with Crippen molar-refractivity contribution in [1.29, 1.82) is 0 Å². The normalized spacial score (nSPS) is 17.6. The zero-order valence-electron chi connectivity index (χ0n) is 17.1. The maximum atomic E-state index is 12.8. The third-order valence-electron chi connectivity index (χ3n) is 5.32. The minimum Gasteiger partial charge on any atom is -0.361 e. The molecule has 3 heterocycles. The van der Waals surface area contributed by atoms with Crippen molar-refractivity contribution in [3.8, 4) is 11.5 Å². The van der Waals surface area contributed by atoms with Crippen LogP contribution >= 0.6 is 0 Å². The second-order valence-corrected chi connectivity index (χ2v) is 8.33. The Morgan fingerprint density at radius 3 is 2.76 bits per heavy atom. The molecule has 1 N–H and O–H groups in total. The quantitative estimate of drug-likeness (QED) is 0.727. The number of hydrogen-bond donors (Lipinski definition) is 1. The lowest BCUT2D eigenvalue weighted by atomic mass is 9.74. The summed E-state index contributed by atoms with van der Waals surface area (Å²) in [5, 5.41) is 7.09. The number of rotatable bonds is 4. The molecule has 0 saturated heterocycles. The number of aryl methyl sites for hydroxylation is 2. The van der Waals surface area contributed by atoms with Crippen LogP contribution in [0.3, 0.4) is 0 Å². The van der Waals surface area contributed by atoms with E-state index in [2.05, 4.69) is 39.3 Å². The Morgan fingerprint density at radius 2 is 2.07 bits per heavy atom. The summed E-state index contributed by atoms with van der Waals surface area (Å²) < 4.78 is 5.17. The van der Waals surface area contributed by atoms with Gasteiger partial charge in [0.2, 0.25) is 5.91 Å². The summed E-state index contributed by atoms with van der Waals surface area (Å²) in [5.74, 6) is 1.17. The first-order chi connectivity index (χ1) is 13.8. The largest absolute Gasteiger partial charge is 0.361 e. The molecule has 0 aromatic carbocycles. The van der Waals surface area contributed by atoms with Crippen molar-refractivity contribution in [1.82, 2.24) is 30.4 Å². The lowest BCUT2D eigenvalue weighted by Gasteiger charge is -2.36. The summed E-state index contributed by atoms with van der Waals surface area (Å²) >= 11 is 0. The first kappa shape index (κ1) is 19.2. The van der Waals surface area contributed by atoms with Gasteiger partial charge in [0.05, 0.1) is 30.0 Å². The van der Waals surface area contributed by atoms with E-state index in [1.165, 1.54) is 0 Å². The summed E-state index contributed by atoms with van der Waals surface area (Å²) in [7, 11) is 0. The fraction of sp³-hybridized carbons (Fsp3) is 0.429. The van der Waals surface area contributed by atoms with Gasteiger partial charge in [-0.1, -0.05) is 19.0 Å². The molecule has 4 rings (SSSR count). The van der Waals surface area contributed by atoms with Gasteiger partial charge in [0.25, 0.3) is 0 Å². The van der Waals surface area contributed by atoms with Gasteiger partial charge in [-0.3, -0.25) is 9.78 Å². The Bertz CT molecular complexity index is 1030. The summed E-state index contributed by atoms with van der Waals surface area (Å²) in [5.41, 5.74) is 4.13. The highest BCUT2D eigenvalue weighted by Crippen LogP contribution is 2.40. The van der Waals surface area contributed by atoms with E-state index >= 15 is 0 Å². The monoisotopic (exact) mass is 392 g/mol. The van der Waals surface area contributed by atoms with Crippen LogP contribution in [0.25, 0.3) is 11.5 Å². The number of fused-ring (bicyclic) bond motifs is 1. The average molecular weight is 392 g/mol. The Morgan fingerprint density at radius 1 is 1.24 bits per heavy atom. The minimum absolute atomic E-state index is 0.00195. The van der Waals surface area contributed by atoms with E-state index in [0.29, 0.717) is 17.3 Å². The zero-order chi connectivity index (χ0) is 20.6. The SMILES string of the molecule is Cc1noc(C)c1CC(=O)N[C@@H]1CC(C)(C)Cc2nc(-c3cnccn3)ncc21. The van der Waals surface area contributed by atoms with Crippen LogP contribution in [-0.2, 0) is 17.6 Å². The number of hydrogen-bond acceptors (Lipinski definition) is 7. The van der Waals surface area contributed by atoms with Gasteiger partial charge in [-0.15, -0.1) is 0 Å². The molecule has 1 amide bonds. The molecule has 3 aromatic rings. The third-order valence-corrected chi connectivity index (χ3v) is 5.32. The number of carbonyl (C=O) groups is 1. The number of aromatic nitrogens is 5. The Hall–Kier alpha value is -3.16. The smallest absolute Gasteiger partial charge is 0.225 e. The predicted octanol–water partition coefficient (Wildman–Crippen LogP) is 2.91. The maximum Gasteiger partial charge on any atom is 0.225 e. The van der Waals surface area contributed by atoms with Crippen LogP contribution in [0.5, 0.6) is 0 Å². The van der Waals surface area contributed by atoms with Crippen LogP contribution in [0, 0.1) is 19.3 Å². The molecule has 0 bridgehead atoms. The Balaban J connectivity index is 1.59. The van der Waals surface area contributed by atoms with Crippen LogP contribution in [0.2, 0.25) is 0 Å². The lowest BCUT2D eigenvalue weighted by Crippen LogP contribution is -2.38. The van der Waals surface area contributed by atoms with Crippen LogP contribution in [0.1, 0.15) is 54.6 Å². The average Bonchev–Trinajstić information content (AvgIpc) is 2.99. The van der Waals surface area contributed by atoms with Crippen molar-refractivity contribution in [2.24, 2.45) is 5.41 Å². The summed E-state index contributed by atoms with van der Waals surface area (Å²) in [6.45, 7) is 8.05. The summed E-state index contributed by atoms with van der Waals surface area (Å²) in [6.07, 6.45) is 8.58. The molecule has 0 unspecified atom stereocenters. The maximum absolute atomic E-state index is 12.8. The molecular weight excluding hydrogens is 368 g/mol. The molecule has 0 spiro atoms. The van der Waals surface area contributed by atoms with Gasteiger partial charge in [-0.25, -0.2) is 15.0 Å². The summed E-state index contributed by atoms with van der Waals surface area (Å²) in [4.78, 5) is 30.4. The van der Waals surface area contributed by atoms with Gasteiger partial charge < -0.3 is 9.84 Å². The number of amides is 1. The van der Waals surface area contributed by atoms with Crippen LogP contribution in [0.4, 0.5) is 0 Å². The lowest BCUT2D eigenvalue weighted by molar-refractivity contribution is -0.121. The van der Waals surface area contributed by atoms with E-state index in [0.717, 1.165) is 35.4 Å². The topological polar surface area (TPSA) is 107 Å². The zero-order valence-corrected chi connectivity index (χ0v) is 17.1. The molecule has 1 aliphatic carbocycles. The molecule has 3 aromatic heterocycles. The van der Waals surface area contributed by atoms with Crippen molar-refractivity contribution in [3.05, 3.63) is 53.1 Å². The van der Waals surface area contributed by atoms with E-state index in [9.17, 15) is 4.79 Å². The fourth-order valence-electron chi connectivity index (χ4n) is 3.87. The van der Waals surface area contributed by atoms with E-state index in [1.807, 2.05) is 20.0 Å². The molecular formula is C21H24N6O2. The van der Waals surface area contributed by atoms with Gasteiger partial charge in [0.15, 0.2) is 5.82 Å². The van der Waals surface area contributed by atoms with Crippen molar-refractivity contribution in [2.45, 2.75) is 53.0 Å². The van der Waals surface area contributed by atoms with Crippen molar-refractivity contribution in [3.63, 3.8) is 0 Å². The van der Waals surface area contributed by atoms with Gasteiger partial charge in [0.1, 0.15) is 11.5 Å². The van der Waals surface area contributed by atoms with Crippen LogP contribution in [0.15, 0.2) is 29.3 Å². The molecule has 150 valence electrons. The van der Waals surface area contributed by atoms with Crippen molar-refractivity contribution in [2.75, 3.05) is 0 Å². The second-order valence-electron chi connectivity index (χ2n) is 8.33. The third kappa shape index (κ3) is 4.01. The highest BCUT2D eigenvalue weighted by molar-refractivity contribution is 5.79. The molecule has 1 atom stereocenters. The van der Waals surface area contributed by atoms with Crippen LogP contribution < -0.4 is 5.32 Å². The highest BCUT2D eigenvalue weighted by Gasteiger charge is 2.34. The van der Waals surface area contributed by atoms with Crippen molar-refractivity contribution < 1.29 is 9.32 Å². The number of nitrogens with one attached hydrogen (secondary N) is 1. The predicted molar refractivity (Wildman–Crippen MR) is 106 cm³/mol. The summed E-state index contributed by atoms with van der Waals surface area (Å²) in [6, 6.07) is -0.141. The molecule has 0 radical (unpaired) electrons. The molecule has 29 heavy (non-hydrogen) atoms. The minimum atomic E-state index is -0.141. The fourth-order valence-corrected chi connectivity index (χ4v) is 3.87. The molecule has 0 saturated carbocycles. The first-order valence-corrected chi connectivity index (χ1v) is 9.66. The van der Waals surface area contributed by atoms with Crippen molar-refractivity contribution >= 4 is 5.91 Å². The van der Waals surface area contributed by atoms with Gasteiger partial charge in [-0.05, 0) is 32.1 Å². The van der Waals surface area contributed by atoms with E-state index in [1.54, 1.807) is 18.6 Å². The molecule has 0 aliphatic heterocycles. The molecule has 8 heteroatoms. The van der Waals surface area contributed by atoms with Gasteiger partial charge in [0, 0.05) is 29.7 Å². The van der Waals surface area contributed by atoms with Gasteiger partial charge in [-0.2, -0.15) is 0 Å². The number of carbonyl (C=O) groups excluding carboxylic acids is 1. The Kier molecular flexibility index (Phi) is 4.86. The highest BCUT2D eigenvalue weighted by atomic mass is 16.5. The van der Waals surface area contributed by atoms with Gasteiger partial charge >= 0.3 is 0 Å². The second kappa shape index (κ2) is 7.35. The van der Waals surface area contributed by atoms with E-state index < -0.39 is 0 Å². The molecule has 0 fully saturated rings. The number of nitrogens with zero attached hydrogens (tertiary/aromatic N) is 5. The van der Waals surface area contributed by atoms with E-state index in [-0.39, 0.29) is 23.8 Å². The Labute approximate surface area is 169 Å². The van der Waals surface area contributed by atoms with Crippen LogP contribution in [-0.4, -0.2) is 31.0 Å². The molecule has 1 aliphatic rings. The first-order valence-electron chi connectivity index (χ1n) is 9.66.